The van der Waals surface area contributed by atoms with Crippen LogP contribution in [0.3, 0.4) is 0 Å². The second-order valence-corrected chi connectivity index (χ2v) is 9.75. The predicted octanol–water partition coefficient (Wildman–Crippen LogP) is 3.09. The third kappa shape index (κ3) is 5.86. The van der Waals surface area contributed by atoms with Gasteiger partial charge in [-0.1, -0.05) is 52.0 Å². The van der Waals surface area contributed by atoms with Gasteiger partial charge >= 0.3 is 0 Å². The van der Waals surface area contributed by atoms with E-state index in [9.17, 15) is 14.4 Å². The number of nitrogens with zero attached hydrogens (tertiary/aromatic N) is 3. The van der Waals surface area contributed by atoms with E-state index in [1.165, 1.54) is 0 Å². The van der Waals surface area contributed by atoms with Crippen molar-refractivity contribution < 1.29 is 14.4 Å². The first-order valence-electron chi connectivity index (χ1n) is 11.7. The summed E-state index contributed by atoms with van der Waals surface area (Å²) in [5, 5.41) is 0. The summed E-state index contributed by atoms with van der Waals surface area (Å²) in [4.78, 5) is 44.4. The van der Waals surface area contributed by atoms with Crippen molar-refractivity contribution in [1.29, 1.82) is 0 Å². The van der Waals surface area contributed by atoms with Crippen LogP contribution in [-0.2, 0) is 27.3 Å². The van der Waals surface area contributed by atoms with E-state index in [0.29, 0.717) is 57.9 Å². The average Bonchev–Trinajstić information content (AvgIpc) is 2.75. The summed E-state index contributed by atoms with van der Waals surface area (Å²) in [5.41, 5.74) is 2.28. The highest BCUT2D eigenvalue weighted by atomic mass is 16.2. The molecule has 3 rings (SSSR count). The fourth-order valence-corrected chi connectivity index (χ4v) is 4.43. The summed E-state index contributed by atoms with van der Waals surface area (Å²) in [5.74, 6) is 1.00. The van der Waals surface area contributed by atoms with E-state index in [4.69, 9.17) is 0 Å². The summed E-state index contributed by atoms with van der Waals surface area (Å²) in [6.45, 7) is 11.0. The molecule has 0 bridgehead atoms. The zero-order valence-electron chi connectivity index (χ0n) is 19.5. The van der Waals surface area contributed by atoms with Gasteiger partial charge in [-0.05, 0) is 29.4 Å². The molecule has 0 saturated carbocycles. The molecule has 31 heavy (non-hydrogen) atoms. The molecule has 1 aromatic carbocycles. The van der Waals surface area contributed by atoms with Crippen molar-refractivity contribution in [1.82, 2.24) is 14.7 Å². The summed E-state index contributed by atoms with van der Waals surface area (Å²) in [7, 11) is 0. The molecule has 0 aliphatic carbocycles. The third-order valence-corrected chi connectivity index (χ3v) is 6.32. The van der Waals surface area contributed by atoms with Crippen molar-refractivity contribution in [2.75, 3.05) is 26.2 Å². The lowest BCUT2D eigenvalue weighted by molar-refractivity contribution is -0.149. The lowest BCUT2D eigenvalue weighted by Gasteiger charge is -2.41. The minimum atomic E-state index is -0.454. The number of hydrogen-bond acceptors (Lipinski definition) is 3. The standard InChI is InChI=1S/C25H37N3O3/c1-18(2)9-10-23(29)26-11-13-27(14-12-26)25(31)22-16-20-7-5-6-8-21(20)17-28(22)24(30)15-19(3)4/h5-8,18-19,22H,9-17H2,1-4H3. The van der Waals surface area contributed by atoms with Gasteiger partial charge in [0.25, 0.3) is 0 Å². The van der Waals surface area contributed by atoms with Gasteiger partial charge in [0.1, 0.15) is 6.04 Å². The van der Waals surface area contributed by atoms with E-state index in [1.54, 1.807) is 4.90 Å². The molecule has 0 N–H and O–H groups in total. The van der Waals surface area contributed by atoms with Gasteiger partial charge in [0, 0.05) is 52.0 Å². The SMILES string of the molecule is CC(C)CCC(=O)N1CCN(C(=O)C2Cc3ccccc3CN2C(=O)CC(C)C)CC1. The molecule has 2 aliphatic rings. The van der Waals surface area contributed by atoms with Gasteiger partial charge in [0.05, 0.1) is 0 Å². The Bertz CT molecular complexity index is 797. The van der Waals surface area contributed by atoms with E-state index >= 15 is 0 Å². The van der Waals surface area contributed by atoms with Crippen LogP contribution in [-0.4, -0.2) is 64.6 Å². The Morgan fingerprint density at radius 3 is 2.10 bits per heavy atom. The molecule has 0 spiro atoms. The van der Waals surface area contributed by atoms with E-state index in [0.717, 1.165) is 17.5 Å². The van der Waals surface area contributed by atoms with Crippen molar-refractivity contribution in [2.45, 2.75) is 66.0 Å². The summed E-state index contributed by atoms with van der Waals surface area (Å²) in [6.07, 6.45) is 2.48. The maximum Gasteiger partial charge on any atom is 0.245 e. The fraction of sp³-hybridized carbons (Fsp3) is 0.640. The first kappa shape index (κ1) is 23.3. The number of benzene rings is 1. The van der Waals surface area contributed by atoms with Crippen LogP contribution in [0.5, 0.6) is 0 Å². The molecule has 0 aromatic heterocycles. The van der Waals surface area contributed by atoms with Gasteiger partial charge in [-0.2, -0.15) is 0 Å². The molecule has 2 aliphatic heterocycles. The largest absolute Gasteiger partial charge is 0.339 e. The molecular formula is C25H37N3O3. The van der Waals surface area contributed by atoms with Gasteiger partial charge < -0.3 is 14.7 Å². The smallest absolute Gasteiger partial charge is 0.245 e. The van der Waals surface area contributed by atoms with Crippen molar-refractivity contribution in [3.8, 4) is 0 Å². The van der Waals surface area contributed by atoms with Gasteiger partial charge in [0.2, 0.25) is 17.7 Å². The Balaban J connectivity index is 1.67. The van der Waals surface area contributed by atoms with Crippen LogP contribution in [0.25, 0.3) is 0 Å². The van der Waals surface area contributed by atoms with E-state index < -0.39 is 6.04 Å². The first-order valence-corrected chi connectivity index (χ1v) is 11.7. The van der Waals surface area contributed by atoms with Crippen LogP contribution in [0.15, 0.2) is 24.3 Å². The number of amides is 3. The fourth-order valence-electron chi connectivity index (χ4n) is 4.43. The normalized spacial score (nSPS) is 19.0. The quantitative estimate of drug-likeness (QED) is 0.701. The number of rotatable bonds is 6. The van der Waals surface area contributed by atoms with Gasteiger partial charge in [-0.3, -0.25) is 14.4 Å². The van der Waals surface area contributed by atoms with Crippen molar-refractivity contribution in [2.24, 2.45) is 11.8 Å². The second-order valence-electron chi connectivity index (χ2n) is 9.75. The molecule has 1 fully saturated rings. The highest BCUT2D eigenvalue weighted by Gasteiger charge is 2.37. The van der Waals surface area contributed by atoms with Crippen molar-refractivity contribution in [3.63, 3.8) is 0 Å². The maximum absolute atomic E-state index is 13.5. The van der Waals surface area contributed by atoms with Gasteiger partial charge in [-0.15, -0.1) is 0 Å². The molecule has 2 heterocycles. The molecule has 3 amide bonds. The van der Waals surface area contributed by atoms with Crippen LogP contribution in [0.4, 0.5) is 0 Å². The number of piperazine rings is 1. The van der Waals surface area contributed by atoms with Crippen molar-refractivity contribution in [3.05, 3.63) is 35.4 Å². The minimum absolute atomic E-state index is 0.0147. The molecule has 170 valence electrons. The van der Waals surface area contributed by atoms with E-state index in [-0.39, 0.29) is 23.6 Å². The highest BCUT2D eigenvalue weighted by molar-refractivity contribution is 5.89. The lowest BCUT2D eigenvalue weighted by atomic mass is 9.92. The monoisotopic (exact) mass is 427 g/mol. The molecule has 1 aromatic rings. The zero-order valence-corrected chi connectivity index (χ0v) is 19.5. The van der Waals surface area contributed by atoms with Crippen LogP contribution in [0.1, 0.15) is 58.1 Å². The van der Waals surface area contributed by atoms with Crippen LogP contribution >= 0.6 is 0 Å². The van der Waals surface area contributed by atoms with E-state index in [2.05, 4.69) is 19.9 Å². The third-order valence-electron chi connectivity index (χ3n) is 6.32. The molecule has 1 atom stereocenters. The molecular weight excluding hydrogens is 390 g/mol. The molecule has 0 radical (unpaired) electrons. The highest BCUT2D eigenvalue weighted by Crippen LogP contribution is 2.26. The minimum Gasteiger partial charge on any atom is -0.339 e. The Morgan fingerprint density at radius 2 is 1.48 bits per heavy atom. The number of carbonyl (C=O) groups excluding carboxylic acids is 3. The van der Waals surface area contributed by atoms with Crippen LogP contribution in [0, 0.1) is 11.8 Å². The lowest BCUT2D eigenvalue weighted by Crippen LogP contribution is -2.58. The zero-order chi connectivity index (χ0) is 22.5. The van der Waals surface area contributed by atoms with Crippen LogP contribution < -0.4 is 0 Å². The Morgan fingerprint density at radius 1 is 0.871 bits per heavy atom. The topological polar surface area (TPSA) is 60.9 Å². The van der Waals surface area contributed by atoms with Gasteiger partial charge in [-0.25, -0.2) is 0 Å². The Kier molecular flexibility index (Phi) is 7.74. The van der Waals surface area contributed by atoms with Gasteiger partial charge in [0.15, 0.2) is 0 Å². The van der Waals surface area contributed by atoms with E-state index in [1.807, 2.05) is 41.8 Å². The Hall–Kier alpha value is -2.37. The number of hydrogen-bond donors (Lipinski definition) is 0. The molecule has 6 nitrogen and oxygen atoms in total. The first-order chi connectivity index (χ1) is 14.8. The number of carbonyl (C=O) groups is 3. The maximum atomic E-state index is 13.5. The molecule has 6 heteroatoms. The summed E-state index contributed by atoms with van der Waals surface area (Å²) < 4.78 is 0. The van der Waals surface area contributed by atoms with Crippen LogP contribution in [0.2, 0.25) is 0 Å². The second kappa shape index (κ2) is 10.3. The number of fused-ring (bicyclic) bond motifs is 1. The average molecular weight is 428 g/mol. The molecule has 1 saturated heterocycles. The summed E-state index contributed by atoms with van der Waals surface area (Å²) in [6, 6.07) is 7.64. The van der Waals surface area contributed by atoms with Crippen molar-refractivity contribution >= 4 is 17.7 Å². The summed E-state index contributed by atoms with van der Waals surface area (Å²) >= 11 is 0. The predicted molar refractivity (Wildman–Crippen MR) is 121 cm³/mol. The molecule has 1 unspecified atom stereocenters. The Labute approximate surface area is 186 Å².